The summed E-state index contributed by atoms with van der Waals surface area (Å²) in [4.78, 5) is 26.0. The van der Waals surface area contributed by atoms with E-state index < -0.39 is 0 Å². The molecular formula is C20H23ClN2O3. The fraction of sp³-hybridized carbons (Fsp3) is 0.300. The predicted octanol–water partition coefficient (Wildman–Crippen LogP) is 4.43. The highest BCUT2D eigenvalue weighted by Gasteiger charge is 2.17. The van der Waals surface area contributed by atoms with Crippen molar-refractivity contribution in [1.29, 1.82) is 0 Å². The molecule has 0 saturated carbocycles. The Kier molecular flexibility index (Phi) is 7.04. The molecule has 0 aliphatic carbocycles. The van der Waals surface area contributed by atoms with Gasteiger partial charge < -0.3 is 15.0 Å². The third-order valence-electron chi connectivity index (χ3n) is 3.94. The third kappa shape index (κ3) is 4.99. The van der Waals surface area contributed by atoms with Crippen molar-refractivity contribution in [1.82, 2.24) is 0 Å². The van der Waals surface area contributed by atoms with Gasteiger partial charge in [-0.2, -0.15) is 0 Å². The molecule has 138 valence electrons. The molecular weight excluding hydrogens is 352 g/mol. The summed E-state index contributed by atoms with van der Waals surface area (Å²) < 4.78 is 5.59. The van der Waals surface area contributed by atoms with E-state index in [4.69, 9.17) is 16.3 Å². The van der Waals surface area contributed by atoms with E-state index in [1.165, 1.54) is 6.92 Å². The Hall–Kier alpha value is -2.53. The molecule has 2 amide bonds. The summed E-state index contributed by atoms with van der Waals surface area (Å²) in [6.45, 7) is 5.96. The maximum absolute atomic E-state index is 12.3. The van der Waals surface area contributed by atoms with Gasteiger partial charge in [-0.15, -0.1) is 0 Å². The number of hydrogen-bond donors (Lipinski definition) is 1. The molecule has 0 bridgehead atoms. The van der Waals surface area contributed by atoms with E-state index in [9.17, 15) is 9.59 Å². The van der Waals surface area contributed by atoms with E-state index in [-0.39, 0.29) is 24.8 Å². The molecule has 26 heavy (non-hydrogen) atoms. The lowest BCUT2D eigenvalue weighted by Gasteiger charge is -2.23. The Morgan fingerprint density at radius 1 is 1.15 bits per heavy atom. The number of nitrogens with zero attached hydrogens (tertiary/aromatic N) is 1. The Labute approximate surface area is 158 Å². The second-order valence-electron chi connectivity index (χ2n) is 5.78. The number of carbonyl (C=O) groups is 2. The van der Waals surface area contributed by atoms with Gasteiger partial charge in [0.2, 0.25) is 11.8 Å². The minimum Gasteiger partial charge on any atom is -0.492 e. The molecule has 0 unspecified atom stereocenters. The van der Waals surface area contributed by atoms with Crippen molar-refractivity contribution in [2.75, 3.05) is 23.4 Å². The molecule has 0 aromatic heterocycles. The van der Waals surface area contributed by atoms with Crippen LogP contribution in [0.4, 0.5) is 11.4 Å². The summed E-state index contributed by atoms with van der Waals surface area (Å²) in [7, 11) is 0. The molecule has 6 heteroatoms. The van der Waals surface area contributed by atoms with Gasteiger partial charge in [-0.05, 0) is 43.7 Å². The standard InChI is InChI=1S/C20H23ClN2O3/c1-4-26-19-11-6-5-10-18(19)23(15(3)24)13-12-20(25)22-17-9-7-8-16(21)14(17)2/h5-11H,4,12-13H2,1-3H3,(H,22,25). The van der Waals surface area contributed by atoms with Crippen molar-refractivity contribution in [2.24, 2.45) is 0 Å². The van der Waals surface area contributed by atoms with Crippen molar-refractivity contribution in [3.8, 4) is 5.75 Å². The smallest absolute Gasteiger partial charge is 0.226 e. The summed E-state index contributed by atoms with van der Waals surface area (Å²) >= 11 is 6.08. The summed E-state index contributed by atoms with van der Waals surface area (Å²) in [5, 5.41) is 3.44. The summed E-state index contributed by atoms with van der Waals surface area (Å²) in [6.07, 6.45) is 0.159. The molecule has 0 radical (unpaired) electrons. The van der Waals surface area contributed by atoms with Gasteiger partial charge in [0.1, 0.15) is 5.75 Å². The Bertz CT molecular complexity index is 792. The van der Waals surface area contributed by atoms with Crippen LogP contribution in [0.5, 0.6) is 5.75 Å². The molecule has 0 aliphatic heterocycles. The number of anilines is 2. The first kappa shape index (κ1) is 19.8. The largest absolute Gasteiger partial charge is 0.492 e. The molecule has 0 heterocycles. The first-order valence-corrected chi connectivity index (χ1v) is 8.86. The Balaban J connectivity index is 2.08. The summed E-state index contributed by atoms with van der Waals surface area (Å²) in [6, 6.07) is 12.7. The van der Waals surface area contributed by atoms with Gasteiger partial charge in [-0.1, -0.05) is 29.8 Å². The lowest BCUT2D eigenvalue weighted by molar-refractivity contribution is -0.117. The van der Waals surface area contributed by atoms with Crippen molar-refractivity contribution in [3.05, 3.63) is 53.1 Å². The van der Waals surface area contributed by atoms with Gasteiger partial charge in [-0.25, -0.2) is 0 Å². The van der Waals surface area contributed by atoms with Crippen LogP contribution in [-0.4, -0.2) is 25.0 Å². The number of halogens is 1. The van der Waals surface area contributed by atoms with E-state index in [0.717, 1.165) is 5.56 Å². The summed E-state index contributed by atoms with van der Waals surface area (Å²) in [5.41, 5.74) is 2.15. The van der Waals surface area contributed by atoms with Gasteiger partial charge in [-0.3, -0.25) is 9.59 Å². The number of para-hydroxylation sites is 2. The van der Waals surface area contributed by atoms with Gasteiger partial charge in [0, 0.05) is 30.6 Å². The number of hydrogen-bond acceptors (Lipinski definition) is 3. The van der Waals surface area contributed by atoms with Crippen molar-refractivity contribution in [2.45, 2.75) is 27.2 Å². The van der Waals surface area contributed by atoms with Crippen LogP contribution in [0.3, 0.4) is 0 Å². The first-order valence-electron chi connectivity index (χ1n) is 8.49. The molecule has 0 saturated heterocycles. The van der Waals surface area contributed by atoms with Gasteiger partial charge >= 0.3 is 0 Å². The number of carbonyl (C=O) groups excluding carboxylic acids is 2. The number of benzene rings is 2. The zero-order valence-corrected chi connectivity index (χ0v) is 16.0. The number of rotatable bonds is 7. The topological polar surface area (TPSA) is 58.6 Å². The average Bonchev–Trinajstić information content (AvgIpc) is 2.60. The second kappa shape index (κ2) is 9.25. The van der Waals surface area contributed by atoms with Crippen LogP contribution in [0.2, 0.25) is 5.02 Å². The van der Waals surface area contributed by atoms with Crippen LogP contribution in [0.15, 0.2) is 42.5 Å². The van der Waals surface area contributed by atoms with Crippen molar-refractivity contribution >= 4 is 34.8 Å². The minimum absolute atomic E-state index is 0.149. The van der Waals surface area contributed by atoms with Crippen LogP contribution in [-0.2, 0) is 9.59 Å². The number of nitrogens with one attached hydrogen (secondary N) is 1. The number of ether oxygens (including phenoxy) is 1. The molecule has 2 rings (SSSR count). The molecule has 0 atom stereocenters. The van der Waals surface area contributed by atoms with Crippen molar-refractivity contribution < 1.29 is 14.3 Å². The van der Waals surface area contributed by atoms with Gasteiger partial charge in [0.05, 0.1) is 12.3 Å². The average molecular weight is 375 g/mol. The molecule has 5 nitrogen and oxygen atoms in total. The Morgan fingerprint density at radius 3 is 2.58 bits per heavy atom. The third-order valence-corrected chi connectivity index (χ3v) is 4.35. The van der Waals surface area contributed by atoms with Crippen LogP contribution >= 0.6 is 11.6 Å². The zero-order valence-electron chi connectivity index (χ0n) is 15.2. The molecule has 0 aliphatic rings. The molecule has 2 aromatic rings. The molecule has 1 N–H and O–H groups in total. The quantitative estimate of drug-likeness (QED) is 0.779. The van der Waals surface area contributed by atoms with Crippen LogP contribution in [0.1, 0.15) is 25.8 Å². The monoisotopic (exact) mass is 374 g/mol. The molecule has 2 aromatic carbocycles. The minimum atomic E-state index is -0.185. The highest BCUT2D eigenvalue weighted by atomic mass is 35.5. The number of amides is 2. The van der Waals surface area contributed by atoms with Crippen LogP contribution in [0, 0.1) is 6.92 Å². The molecule has 0 spiro atoms. The van der Waals surface area contributed by atoms with Gasteiger partial charge in [0.15, 0.2) is 0 Å². The highest BCUT2D eigenvalue weighted by Crippen LogP contribution is 2.28. The predicted molar refractivity (Wildman–Crippen MR) is 105 cm³/mol. The SMILES string of the molecule is CCOc1ccccc1N(CCC(=O)Nc1cccc(Cl)c1C)C(C)=O. The summed E-state index contributed by atoms with van der Waals surface area (Å²) in [5.74, 6) is 0.288. The highest BCUT2D eigenvalue weighted by molar-refractivity contribution is 6.31. The maximum Gasteiger partial charge on any atom is 0.226 e. The lowest BCUT2D eigenvalue weighted by atomic mass is 10.2. The van der Waals surface area contributed by atoms with Gasteiger partial charge in [0.25, 0.3) is 0 Å². The van der Waals surface area contributed by atoms with E-state index in [1.807, 2.05) is 38.1 Å². The first-order chi connectivity index (χ1) is 12.4. The Morgan fingerprint density at radius 2 is 1.88 bits per heavy atom. The lowest BCUT2D eigenvalue weighted by Crippen LogP contribution is -2.32. The molecule has 0 fully saturated rings. The van der Waals surface area contributed by atoms with Crippen LogP contribution in [0.25, 0.3) is 0 Å². The van der Waals surface area contributed by atoms with E-state index in [2.05, 4.69) is 5.32 Å². The van der Waals surface area contributed by atoms with E-state index in [0.29, 0.717) is 28.8 Å². The zero-order chi connectivity index (χ0) is 19.1. The van der Waals surface area contributed by atoms with Crippen molar-refractivity contribution in [3.63, 3.8) is 0 Å². The van der Waals surface area contributed by atoms with Crippen LogP contribution < -0.4 is 15.0 Å². The fourth-order valence-corrected chi connectivity index (χ4v) is 2.75. The normalized spacial score (nSPS) is 10.3. The maximum atomic E-state index is 12.3. The van der Waals surface area contributed by atoms with E-state index >= 15 is 0 Å². The van der Waals surface area contributed by atoms with E-state index in [1.54, 1.807) is 23.1 Å². The second-order valence-corrected chi connectivity index (χ2v) is 6.19. The fourth-order valence-electron chi connectivity index (χ4n) is 2.57.